The van der Waals surface area contributed by atoms with Gasteiger partial charge >= 0.3 is 0 Å². The average Bonchev–Trinajstić information content (AvgIpc) is 2.99. The molecule has 0 amide bonds. The van der Waals surface area contributed by atoms with Crippen LogP contribution >= 0.6 is 0 Å². The van der Waals surface area contributed by atoms with E-state index in [9.17, 15) is 0 Å². The second-order valence-electron chi connectivity index (χ2n) is 8.76. The van der Waals surface area contributed by atoms with Gasteiger partial charge < -0.3 is 0 Å². The number of rotatable bonds is 4. The van der Waals surface area contributed by atoms with E-state index in [2.05, 4.69) is 84.0 Å². The van der Waals surface area contributed by atoms with Gasteiger partial charge in [-0.05, 0) is 57.6 Å². The van der Waals surface area contributed by atoms with Crippen molar-refractivity contribution in [2.75, 3.05) is 0 Å². The van der Waals surface area contributed by atoms with Crippen molar-refractivity contribution in [3.63, 3.8) is 0 Å². The first-order chi connectivity index (χ1) is 11.8. The third kappa shape index (κ3) is 3.45. The largest absolute Gasteiger partial charge is 0.0651 e. The molecule has 0 spiro atoms. The molecule has 0 aromatic heterocycles. The number of aryl methyl sites for hydroxylation is 1. The van der Waals surface area contributed by atoms with Gasteiger partial charge in [-0.1, -0.05) is 96.0 Å². The molecule has 0 atom stereocenters. The number of allylic oxidation sites excluding steroid dienone is 1. The van der Waals surface area contributed by atoms with E-state index in [0.717, 1.165) is 12.8 Å². The van der Waals surface area contributed by atoms with E-state index >= 15 is 0 Å². The second-order valence-corrected chi connectivity index (χ2v) is 8.76. The summed E-state index contributed by atoms with van der Waals surface area (Å²) in [5, 5.41) is 0. The van der Waals surface area contributed by atoms with Gasteiger partial charge in [0.2, 0.25) is 0 Å². The lowest BCUT2D eigenvalue weighted by Gasteiger charge is -2.19. The van der Waals surface area contributed by atoms with Crippen molar-refractivity contribution in [3.8, 4) is 11.1 Å². The minimum atomic E-state index is 0.235. The standard InChI is InChI=1S/C25H32/c1-7-10-18-13-14-19-15-20(25(4,5)6)16-23(19)24(18)22-12-9-8-11-21(22)17(2)3/h8-9,11-14,16-17H,7,10,15H2,1-6H3. The Kier molecular flexibility index (Phi) is 4.91. The predicted octanol–water partition coefficient (Wildman–Crippen LogP) is 7.42. The lowest BCUT2D eigenvalue weighted by atomic mass is 9.85. The van der Waals surface area contributed by atoms with Crippen LogP contribution in [0.3, 0.4) is 0 Å². The molecule has 25 heavy (non-hydrogen) atoms. The zero-order valence-corrected chi connectivity index (χ0v) is 16.7. The second kappa shape index (κ2) is 6.83. The van der Waals surface area contributed by atoms with E-state index in [-0.39, 0.29) is 5.41 Å². The van der Waals surface area contributed by atoms with Crippen molar-refractivity contribution < 1.29 is 0 Å². The Morgan fingerprint density at radius 3 is 2.36 bits per heavy atom. The van der Waals surface area contributed by atoms with Gasteiger partial charge in [0.1, 0.15) is 0 Å². The van der Waals surface area contributed by atoms with Crippen LogP contribution in [0.4, 0.5) is 0 Å². The van der Waals surface area contributed by atoms with Gasteiger partial charge in [0.25, 0.3) is 0 Å². The molecule has 0 bridgehead atoms. The Hall–Kier alpha value is -1.82. The van der Waals surface area contributed by atoms with Gasteiger partial charge in [-0.25, -0.2) is 0 Å². The molecule has 2 aromatic rings. The van der Waals surface area contributed by atoms with Gasteiger partial charge in [0.15, 0.2) is 0 Å². The number of hydrogen-bond donors (Lipinski definition) is 0. The molecular formula is C25H32. The Bertz CT molecular complexity index is 797. The van der Waals surface area contributed by atoms with Crippen molar-refractivity contribution in [1.82, 2.24) is 0 Å². The monoisotopic (exact) mass is 332 g/mol. The highest BCUT2D eigenvalue weighted by atomic mass is 14.3. The number of fused-ring (bicyclic) bond motifs is 1. The SMILES string of the molecule is CCCc1ccc2c(c1-c1ccccc1C(C)C)C=C(C(C)(C)C)C2. The first kappa shape index (κ1) is 18.0. The van der Waals surface area contributed by atoms with Crippen LogP contribution in [-0.4, -0.2) is 0 Å². The van der Waals surface area contributed by atoms with Crippen molar-refractivity contribution in [2.24, 2.45) is 5.41 Å². The summed E-state index contributed by atoms with van der Waals surface area (Å²) >= 11 is 0. The molecule has 0 heteroatoms. The van der Waals surface area contributed by atoms with Gasteiger partial charge in [-0.15, -0.1) is 0 Å². The maximum atomic E-state index is 2.49. The van der Waals surface area contributed by atoms with E-state index in [1.165, 1.54) is 39.8 Å². The van der Waals surface area contributed by atoms with Crippen LogP contribution < -0.4 is 0 Å². The average molecular weight is 333 g/mol. The van der Waals surface area contributed by atoms with Gasteiger partial charge in [0.05, 0.1) is 0 Å². The molecule has 0 radical (unpaired) electrons. The summed E-state index contributed by atoms with van der Waals surface area (Å²) in [5.41, 5.74) is 10.7. The maximum Gasteiger partial charge on any atom is -0.00523 e. The van der Waals surface area contributed by atoms with Crippen molar-refractivity contribution in [1.29, 1.82) is 0 Å². The van der Waals surface area contributed by atoms with Crippen molar-refractivity contribution in [2.45, 2.75) is 66.7 Å². The lowest BCUT2D eigenvalue weighted by Crippen LogP contribution is -2.08. The summed E-state index contributed by atoms with van der Waals surface area (Å²) in [6.45, 7) is 13.9. The maximum absolute atomic E-state index is 2.49. The number of benzene rings is 2. The molecule has 3 rings (SSSR count). The molecule has 132 valence electrons. The van der Waals surface area contributed by atoms with Crippen LogP contribution in [0.25, 0.3) is 17.2 Å². The van der Waals surface area contributed by atoms with Crippen molar-refractivity contribution >= 4 is 6.08 Å². The quantitative estimate of drug-likeness (QED) is 0.546. The van der Waals surface area contributed by atoms with E-state index in [0.29, 0.717) is 5.92 Å². The zero-order valence-electron chi connectivity index (χ0n) is 16.7. The zero-order chi connectivity index (χ0) is 18.2. The van der Waals surface area contributed by atoms with Crippen molar-refractivity contribution in [3.05, 3.63) is 64.2 Å². The van der Waals surface area contributed by atoms with E-state index < -0.39 is 0 Å². The predicted molar refractivity (Wildman–Crippen MR) is 111 cm³/mol. The molecule has 1 aliphatic carbocycles. The van der Waals surface area contributed by atoms with Crippen LogP contribution in [0.2, 0.25) is 0 Å². The molecule has 0 heterocycles. The lowest BCUT2D eigenvalue weighted by molar-refractivity contribution is 0.498. The summed E-state index contributed by atoms with van der Waals surface area (Å²) in [4.78, 5) is 0. The molecule has 0 nitrogen and oxygen atoms in total. The smallest absolute Gasteiger partial charge is 0.00523 e. The molecule has 0 saturated heterocycles. The first-order valence-electron chi connectivity index (χ1n) is 9.78. The highest BCUT2D eigenvalue weighted by molar-refractivity contribution is 5.85. The van der Waals surface area contributed by atoms with Gasteiger partial charge in [0, 0.05) is 0 Å². The number of hydrogen-bond acceptors (Lipinski definition) is 0. The van der Waals surface area contributed by atoms with Crippen LogP contribution in [0, 0.1) is 5.41 Å². The third-order valence-corrected chi connectivity index (χ3v) is 5.46. The van der Waals surface area contributed by atoms with Crippen LogP contribution in [0.15, 0.2) is 42.0 Å². The molecule has 2 aromatic carbocycles. The Balaban J connectivity index is 2.26. The molecular weight excluding hydrogens is 300 g/mol. The summed E-state index contributed by atoms with van der Waals surface area (Å²) in [7, 11) is 0. The highest BCUT2D eigenvalue weighted by Crippen LogP contribution is 2.43. The van der Waals surface area contributed by atoms with E-state index in [1.807, 2.05) is 0 Å². The summed E-state index contributed by atoms with van der Waals surface area (Å²) in [6, 6.07) is 13.8. The normalized spacial score (nSPS) is 14.0. The fourth-order valence-corrected chi connectivity index (χ4v) is 3.96. The van der Waals surface area contributed by atoms with Crippen LogP contribution in [0.1, 0.15) is 76.1 Å². The molecule has 0 N–H and O–H groups in total. The summed E-state index contributed by atoms with van der Waals surface area (Å²) in [5.74, 6) is 0.536. The summed E-state index contributed by atoms with van der Waals surface area (Å²) < 4.78 is 0. The molecule has 0 unspecified atom stereocenters. The van der Waals surface area contributed by atoms with E-state index in [4.69, 9.17) is 0 Å². The van der Waals surface area contributed by atoms with E-state index in [1.54, 1.807) is 5.57 Å². The summed E-state index contributed by atoms with van der Waals surface area (Å²) in [6.07, 6.45) is 5.92. The van der Waals surface area contributed by atoms with Crippen LogP contribution in [0.5, 0.6) is 0 Å². The molecule has 0 fully saturated rings. The fourth-order valence-electron chi connectivity index (χ4n) is 3.96. The fraction of sp³-hybridized carbons (Fsp3) is 0.440. The topological polar surface area (TPSA) is 0 Å². The van der Waals surface area contributed by atoms with Gasteiger partial charge in [-0.2, -0.15) is 0 Å². The van der Waals surface area contributed by atoms with Crippen LogP contribution in [-0.2, 0) is 12.8 Å². The first-order valence-corrected chi connectivity index (χ1v) is 9.78. The molecule has 1 aliphatic rings. The Labute approximate surface area is 154 Å². The minimum absolute atomic E-state index is 0.235. The minimum Gasteiger partial charge on any atom is -0.0651 e. The highest BCUT2D eigenvalue weighted by Gasteiger charge is 2.26. The molecule has 0 saturated carbocycles. The Morgan fingerprint density at radius 1 is 1.00 bits per heavy atom. The Morgan fingerprint density at radius 2 is 1.72 bits per heavy atom. The third-order valence-electron chi connectivity index (χ3n) is 5.46. The molecule has 0 aliphatic heterocycles. The van der Waals surface area contributed by atoms with Gasteiger partial charge in [-0.3, -0.25) is 0 Å².